The molecule has 0 saturated heterocycles. The van der Waals surface area contributed by atoms with Crippen molar-refractivity contribution in [2.45, 2.75) is 19.8 Å². The zero-order valence-electron chi connectivity index (χ0n) is 14.0. The molecule has 0 spiro atoms. The van der Waals surface area contributed by atoms with Crippen LogP contribution < -0.4 is 9.47 Å². The Morgan fingerprint density at radius 2 is 1.46 bits per heavy atom. The second kappa shape index (κ2) is 8.95. The van der Waals surface area contributed by atoms with Crippen molar-refractivity contribution < 1.29 is 14.6 Å². The Labute approximate surface area is 162 Å². The summed E-state index contributed by atoms with van der Waals surface area (Å²) in [6, 6.07) is 20.6. The van der Waals surface area contributed by atoms with Gasteiger partial charge >= 0.3 is 0 Å². The van der Waals surface area contributed by atoms with Crippen molar-refractivity contribution in [1.29, 1.82) is 0 Å². The van der Waals surface area contributed by atoms with Gasteiger partial charge in [-0.2, -0.15) is 0 Å². The monoisotopic (exact) mass is 388 g/mol. The molecule has 3 rings (SSSR count). The van der Waals surface area contributed by atoms with E-state index in [1.165, 1.54) is 0 Å². The molecule has 0 unspecified atom stereocenters. The molecule has 3 aromatic rings. The summed E-state index contributed by atoms with van der Waals surface area (Å²) in [6.07, 6.45) is 0. The fourth-order valence-electron chi connectivity index (χ4n) is 2.48. The average molecular weight is 389 g/mol. The normalized spacial score (nSPS) is 10.6. The number of aliphatic hydroxyl groups is 1. The zero-order chi connectivity index (χ0) is 18.4. The SMILES string of the molecule is OCc1cc(COc2ccc(Cl)cc2Cl)cc(OCc2ccccc2)c1. The first-order valence-electron chi connectivity index (χ1n) is 8.12. The van der Waals surface area contributed by atoms with Crippen LogP contribution in [-0.2, 0) is 19.8 Å². The van der Waals surface area contributed by atoms with Crippen LogP contribution in [0.4, 0.5) is 0 Å². The minimum Gasteiger partial charge on any atom is -0.489 e. The zero-order valence-corrected chi connectivity index (χ0v) is 15.5. The van der Waals surface area contributed by atoms with Crippen LogP contribution in [0.25, 0.3) is 0 Å². The predicted octanol–water partition coefficient (Wildman–Crippen LogP) is 5.64. The summed E-state index contributed by atoms with van der Waals surface area (Å²) in [5, 5.41) is 10.5. The maximum Gasteiger partial charge on any atom is 0.138 e. The maximum atomic E-state index is 9.50. The highest BCUT2D eigenvalue weighted by molar-refractivity contribution is 6.35. The molecule has 0 atom stereocenters. The number of aliphatic hydroxyl groups excluding tert-OH is 1. The molecule has 0 aliphatic carbocycles. The molecular weight excluding hydrogens is 371 g/mol. The summed E-state index contributed by atoms with van der Waals surface area (Å²) in [5.41, 5.74) is 2.72. The van der Waals surface area contributed by atoms with Gasteiger partial charge in [-0.15, -0.1) is 0 Å². The van der Waals surface area contributed by atoms with Crippen molar-refractivity contribution in [1.82, 2.24) is 0 Å². The van der Waals surface area contributed by atoms with E-state index >= 15 is 0 Å². The second-order valence-corrected chi connectivity index (χ2v) is 6.62. The van der Waals surface area contributed by atoms with Crippen molar-refractivity contribution >= 4 is 23.2 Å². The third-order valence-corrected chi connectivity index (χ3v) is 4.28. The lowest BCUT2D eigenvalue weighted by atomic mass is 10.1. The van der Waals surface area contributed by atoms with Gasteiger partial charge in [0.1, 0.15) is 24.7 Å². The summed E-state index contributed by atoms with van der Waals surface area (Å²) < 4.78 is 11.6. The van der Waals surface area contributed by atoms with Gasteiger partial charge < -0.3 is 14.6 Å². The number of hydrogen-bond acceptors (Lipinski definition) is 3. The topological polar surface area (TPSA) is 38.7 Å². The van der Waals surface area contributed by atoms with E-state index in [1.807, 2.05) is 48.5 Å². The fraction of sp³-hybridized carbons (Fsp3) is 0.143. The number of halogens is 2. The van der Waals surface area contributed by atoms with Crippen LogP contribution in [0.3, 0.4) is 0 Å². The molecule has 134 valence electrons. The lowest BCUT2D eigenvalue weighted by Crippen LogP contribution is -2.00. The quantitative estimate of drug-likeness (QED) is 0.568. The van der Waals surface area contributed by atoms with E-state index in [-0.39, 0.29) is 6.61 Å². The van der Waals surface area contributed by atoms with Crippen LogP contribution in [0.15, 0.2) is 66.7 Å². The van der Waals surface area contributed by atoms with Gasteiger partial charge in [0.2, 0.25) is 0 Å². The molecule has 5 heteroatoms. The number of hydrogen-bond donors (Lipinski definition) is 1. The molecule has 0 aromatic heterocycles. The Balaban J connectivity index is 1.70. The van der Waals surface area contributed by atoms with E-state index < -0.39 is 0 Å². The van der Waals surface area contributed by atoms with Crippen LogP contribution in [0.1, 0.15) is 16.7 Å². The Hall–Kier alpha value is -2.20. The van der Waals surface area contributed by atoms with Crippen molar-refractivity contribution in [2.75, 3.05) is 0 Å². The van der Waals surface area contributed by atoms with Gasteiger partial charge in [-0.25, -0.2) is 0 Å². The molecular formula is C21H18Cl2O3. The van der Waals surface area contributed by atoms with Crippen molar-refractivity contribution in [3.8, 4) is 11.5 Å². The molecule has 0 aliphatic heterocycles. The smallest absolute Gasteiger partial charge is 0.138 e. The average Bonchev–Trinajstić information content (AvgIpc) is 2.66. The molecule has 0 radical (unpaired) electrons. The third kappa shape index (κ3) is 5.15. The van der Waals surface area contributed by atoms with E-state index in [4.69, 9.17) is 32.7 Å². The van der Waals surface area contributed by atoms with E-state index in [0.717, 1.165) is 16.7 Å². The van der Waals surface area contributed by atoms with Gasteiger partial charge in [0, 0.05) is 5.02 Å². The molecule has 0 saturated carbocycles. The first kappa shape index (κ1) is 18.6. The Bertz CT molecular complexity index is 866. The summed E-state index contributed by atoms with van der Waals surface area (Å²) in [5.74, 6) is 1.23. The van der Waals surface area contributed by atoms with E-state index in [0.29, 0.717) is 34.8 Å². The summed E-state index contributed by atoms with van der Waals surface area (Å²) >= 11 is 12.0. The predicted molar refractivity (Wildman–Crippen MR) is 104 cm³/mol. The highest BCUT2D eigenvalue weighted by Crippen LogP contribution is 2.28. The third-order valence-electron chi connectivity index (χ3n) is 3.75. The van der Waals surface area contributed by atoms with Gasteiger partial charge in [0.05, 0.1) is 11.6 Å². The van der Waals surface area contributed by atoms with Crippen LogP contribution in [0, 0.1) is 0 Å². The van der Waals surface area contributed by atoms with E-state index in [1.54, 1.807) is 18.2 Å². The van der Waals surface area contributed by atoms with Crippen LogP contribution in [0.2, 0.25) is 10.0 Å². The molecule has 0 amide bonds. The summed E-state index contributed by atoms with van der Waals surface area (Å²) in [6.45, 7) is 0.688. The Kier molecular flexibility index (Phi) is 6.40. The molecule has 0 fully saturated rings. The Morgan fingerprint density at radius 3 is 2.19 bits per heavy atom. The van der Waals surface area contributed by atoms with Gasteiger partial charge in [0.15, 0.2) is 0 Å². The first-order valence-corrected chi connectivity index (χ1v) is 8.88. The van der Waals surface area contributed by atoms with Crippen molar-refractivity contribution in [3.63, 3.8) is 0 Å². The molecule has 0 bridgehead atoms. The van der Waals surface area contributed by atoms with Gasteiger partial charge in [0.25, 0.3) is 0 Å². The maximum absolute atomic E-state index is 9.50. The largest absolute Gasteiger partial charge is 0.489 e. The summed E-state index contributed by atoms with van der Waals surface area (Å²) in [4.78, 5) is 0. The molecule has 26 heavy (non-hydrogen) atoms. The molecule has 1 N–H and O–H groups in total. The number of rotatable bonds is 7. The lowest BCUT2D eigenvalue weighted by molar-refractivity contribution is 0.275. The van der Waals surface area contributed by atoms with Gasteiger partial charge in [-0.05, 0) is 53.1 Å². The minimum atomic E-state index is -0.0722. The Morgan fingerprint density at radius 1 is 0.731 bits per heavy atom. The second-order valence-electron chi connectivity index (χ2n) is 5.78. The molecule has 3 nitrogen and oxygen atoms in total. The lowest BCUT2D eigenvalue weighted by Gasteiger charge is -2.12. The summed E-state index contributed by atoms with van der Waals surface area (Å²) in [7, 11) is 0. The van der Waals surface area contributed by atoms with Crippen LogP contribution >= 0.6 is 23.2 Å². The van der Waals surface area contributed by atoms with Gasteiger partial charge in [-0.1, -0.05) is 53.5 Å². The molecule has 3 aromatic carbocycles. The molecule has 0 aliphatic rings. The number of benzene rings is 3. The van der Waals surface area contributed by atoms with E-state index in [9.17, 15) is 5.11 Å². The molecule has 0 heterocycles. The number of ether oxygens (including phenoxy) is 2. The van der Waals surface area contributed by atoms with Crippen LogP contribution in [0.5, 0.6) is 11.5 Å². The first-order chi connectivity index (χ1) is 12.6. The van der Waals surface area contributed by atoms with Crippen molar-refractivity contribution in [2.24, 2.45) is 0 Å². The van der Waals surface area contributed by atoms with Gasteiger partial charge in [-0.3, -0.25) is 0 Å². The standard InChI is InChI=1S/C21H18Cl2O3/c22-18-6-7-21(20(23)11-18)26-14-17-8-16(12-24)9-19(10-17)25-13-15-4-2-1-3-5-15/h1-11,24H,12-14H2. The highest BCUT2D eigenvalue weighted by Gasteiger charge is 2.06. The minimum absolute atomic E-state index is 0.0722. The fourth-order valence-corrected chi connectivity index (χ4v) is 2.94. The van der Waals surface area contributed by atoms with Crippen LogP contribution in [-0.4, -0.2) is 5.11 Å². The van der Waals surface area contributed by atoms with Crippen molar-refractivity contribution in [3.05, 3.63) is 93.5 Å². The highest BCUT2D eigenvalue weighted by atomic mass is 35.5. The van der Waals surface area contributed by atoms with E-state index in [2.05, 4.69) is 0 Å².